The number of rotatable bonds is 5. The van der Waals surface area contributed by atoms with Gasteiger partial charge in [-0.25, -0.2) is 0 Å². The summed E-state index contributed by atoms with van der Waals surface area (Å²) in [4.78, 5) is 77.1. The molecular weight excluding hydrogens is 602 g/mol. The lowest BCUT2D eigenvalue weighted by atomic mass is 10.0. The second-order valence-corrected chi connectivity index (χ2v) is 11.9. The van der Waals surface area contributed by atoms with Crippen molar-refractivity contribution in [2.24, 2.45) is 0 Å². The van der Waals surface area contributed by atoms with Crippen molar-refractivity contribution >= 4 is 40.4 Å². The summed E-state index contributed by atoms with van der Waals surface area (Å²) in [5.41, 5.74) is 2.77. The van der Waals surface area contributed by atoms with Gasteiger partial charge in [0.15, 0.2) is 0 Å². The first-order valence-electron chi connectivity index (χ1n) is 15.6. The van der Waals surface area contributed by atoms with Gasteiger partial charge in [0, 0.05) is 68.4 Å². The van der Waals surface area contributed by atoms with E-state index in [4.69, 9.17) is 0 Å². The van der Waals surface area contributed by atoms with Crippen LogP contribution in [-0.2, 0) is 32.0 Å². The Hall–Kier alpha value is -5.43. The van der Waals surface area contributed by atoms with Gasteiger partial charge in [0.2, 0.25) is 23.6 Å². The molecule has 13 heteroatoms. The van der Waals surface area contributed by atoms with Crippen molar-refractivity contribution in [3.05, 3.63) is 95.9 Å². The van der Waals surface area contributed by atoms with Crippen LogP contribution in [0.15, 0.2) is 79.3 Å². The second kappa shape index (κ2) is 13.9. The number of H-pyrrole nitrogens is 2. The van der Waals surface area contributed by atoms with Gasteiger partial charge in [0.05, 0.1) is 18.2 Å². The molecule has 244 valence electrons. The molecule has 2 aromatic heterocycles. The van der Waals surface area contributed by atoms with Gasteiger partial charge in [-0.15, -0.1) is 0 Å². The maximum Gasteiger partial charge on any atom is 0.255 e. The van der Waals surface area contributed by atoms with Crippen molar-refractivity contribution in [2.75, 3.05) is 26.2 Å². The number of hydrogen-bond donors (Lipinski definition) is 6. The van der Waals surface area contributed by atoms with E-state index in [1.807, 2.05) is 54.6 Å². The number of para-hydroxylation sites is 1. The van der Waals surface area contributed by atoms with Crippen LogP contribution in [0.25, 0.3) is 10.9 Å². The maximum absolute atomic E-state index is 14.2. The largest absolute Gasteiger partial charge is 0.391 e. The summed E-state index contributed by atoms with van der Waals surface area (Å²) >= 11 is 0. The van der Waals surface area contributed by atoms with Crippen LogP contribution >= 0.6 is 0 Å². The van der Waals surface area contributed by atoms with Crippen LogP contribution in [0.5, 0.6) is 0 Å². The molecular formula is C34H37N7O6. The van der Waals surface area contributed by atoms with Crippen LogP contribution in [-0.4, -0.2) is 105 Å². The molecule has 6 N–H and O–H groups in total. The zero-order valence-corrected chi connectivity index (χ0v) is 25.6. The Kier molecular flexibility index (Phi) is 9.34. The normalized spacial score (nSPS) is 23.0. The summed E-state index contributed by atoms with van der Waals surface area (Å²) in [6.07, 6.45) is 4.15. The van der Waals surface area contributed by atoms with E-state index in [1.165, 1.54) is 16.0 Å². The van der Waals surface area contributed by atoms with Gasteiger partial charge in [0.25, 0.3) is 5.91 Å². The fourth-order valence-electron chi connectivity index (χ4n) is 6.30. The molecule has 13 nitrogen and oxygen atoms in total. The number of nitrogens with one attached hydrogen (secondary N) is 5. The molecule has 5 amide bonds. The molecule has 2 aromatic carbocycles. The Morgan fingerprint density at radius 1 is 0.872 bits per heavy atom. The highest BCUT2D eigenvalue weighted by atomic mass is 16.3. The molecule has 2 aliphatic rings. The number of fused-ring (bicyclic) bond motifs is 2. The third-order valence-electron chi connectivity index (χ3n) is 8.66. The summed E-state index contributed by atoms with van der Waals surface area (Å²) in [6.45, 7) is -0.494. The van der Waals surface area contributed by atoms with Gasteiger partial charge in [-0.2, -0.15) is 0 Å². The minimum absolute atomic E-state index is 0.00280. The number of amides is 5. The first-order chi connectivity index (χ1) is 22.8. The van der Waals surface area contributed by atoms with E-state index >= 15 is 0 Å². The smallest absolute Gasteiger partial charge is 0.255 e. The van der Waals surface area contributed by atoms with Crippen LogP contribution in [0.4, 0.5) is 0 Å². The molecule has 0 unspecified atom stereocenters. The highest BCUT2D eigenvalue weighted by Crippen LogP contribution is 2.24. The fourth-order valence-corrected chi connectivity index (χ4v) is 6.30. The summed E-state index contributed by atoms with van der Waals surface area (Å²) in [6, 6.07) is 15.2. The SMILES string of the molecule is O=C1CN(C(=O)c2cc[nH]c2)CCNC(=O)[C@H](Cc2ccccc2)NC(=O)[C@@H]2C[C@@H](O)CN2C(=O)[C@@H](Cc2c[nH]c3ccccc23)N1. The molecule has 6 rings (SSSR count). The zero-order valence-electron chi connectivity index (χ0n) is 25.6. The predicted octanol–water partition coefficient (Wildman–Crippen LogP) is 0.485. The van der Waals surface area contributed by atoms with Crippen molar-refractivity contribution in [2.45, 2.75) is 43.5 Å². The highest BCUT2D eigenvalue weighted by molar-refractivity contribution is 5.98. The Balaban J connectivity index is 1.34. The number of carbonyl (C=O) groups excluding carboxylic acids is 5. The zero-order chi connectivity index (χ0) is 32.9. The molecule has 47 heavy (non-hydrogen) atoms. The molecule has 0 saturated carbocycles. The molecule has 4 aromatic rings. The molecule has 2 fully saturated rings. The van der Waals surface area contributed by atoms with E-state index in [0.717, 1.165) is 22.0 Å². The van der Waals surface area contributed by atoms with E-state index in [0.29, 0.717) is 5.56 Å². The predicted molar refractivity (Wildman–Crippen MR) is 172 cm³/mol. The topological polar surface area (TPSA) is 180 Å². The van der Waals surface area contributed by atoms with E-state index in [-0.39, 0.29) is 45.4 Å². The number of hydrogen-bond acceptors (Lipinski definition) is 6. The Bertz CT molecular complexity index is 1750. The lowest BCUT2D eigenvalue weighted by molar-refractivity contribution is -0.142. The Morgan fingerprint density at radius 2 is 1.66 bits per heavy atom. The van der Waals surface area contributed by atoms with Crippen molar-refractivity contribution < 1.29 is 29.1 Å². The van der Waals surface area contributed by atoms with Crippen molar-refractivity contribution in [3.63, 3.8) is 0 Å². The van der Waals surface area contributed by atoms with Crippen molar-refractivity contribution in [1.82, 2.24) is 35.7 Å². The van der Waals surface area contributed by atoms with Crippen LogP contribution in [0.1, 0.15) is 27.9 Å². The monoisotopic (exact) mass is 639 g/mol. The van der Waals surface area contributed by atoms with Crippen LogP contribution in [0.3, 0.4) is 0 Å². The van der Waals surface area contributed by atoms with Gasteiger partial charge in [-0.05, 0) is 23.3 Å². The minimum atomic E-state index is -1.11. The van der Waals surface area contributed by atoms with Crippen LogP contribution < -0.4 is 16.0 Å². The minimum Gasteiger partial charge on any atom is -0.391 e. The second-order valence-electron chi connectivity index (χ2n) is 11.9. The third-order valence-corrected chi connectivity index (χ3v) is 8.66. The summed E-state index contributed by atoms with van der Waals surface area (Å²) in [5, 5.41) is 19.9. The van der Waals surface area contributed by atoms with Gasteiger partial charge in [-0.3, -0.25) is 24.0 Å². The number of carbonyl (C=O) groups is 5. The lowest BCUT2D eigenvalue weighted by Gasteiger charge is -2.30. The first kappa shape index (κ1) is 31.5. The average Bonchev–Trinajstić information content (AvgIpc) is 3.84. The van der Waals surface area contributed by atoms with E-state index in [2.05, 4.69) is 25.9 Å². The number of aromatic nitrogens is 2. The van der Waals surface area contributed by atoms with Gasteiger partial charge in [-0.1, -0.05) is 48.5 Å². The maximum atomic E-state index is 14.2. The third kappa shape index (κ3) is 7.20. The Labute approximate surface area is 270 Å². The van der Waals surface area contributed by atoms with E-state index in [9.17, 15) is 29.1 Å². The number of aliphatic hydroxyl groups excluding tert-OH is 1. The fraction of sp³-hybridized carbons (Fsp3) is 0.324. The van der Waals surface area contributed by atoms with Crippen LogP contribution in [0, 0.1) is 0 Å². The number of aromatic amines is 2. The van der Waals surface area contributed by atoms with Crippen molar-refractivity contribution in [3.8, 4) is 0 Å². The summed E-state index contributed by atoms with van der Waals surface area (Å²) < 4.78 is 0. The lowest BCUT2D eigenvalue weighted by Crippen LogP contribution is -2.57. The van der Waals surface area contributed by atoms with Gasteiger partial charge in [0.1, 0.15) is 18.1 Å². The average molecular weight is 640 g/mol. The standard InChI is InChI=1S/C34H37N7O6/c42-24-16-29-32(45)39-27(14-21-6-2-1-3-7-21)31(44)36-12-13-40(33(46)22-10-11-35-17-22)20-30(43)38-28(34(47)41(29)19-24)15-23-18-37-26-9-5-4-8-25(23)26/h1-11,17-18,24,27-29,35,37,42H,12-16,19-20H2,(H,36,44)(H,38,43)(H,39,45)/t24-,27+,28-,29+/m1/s1. The summed E-state index contributed by atoms with van der Waals surface area (Å²) in [5.74, 6) is -2.64. The summed E-state index contributed by atoms with van der Waals surface area (Å²) in [7, 11) is 0. The number of aliphatic hydroxyl groups is 1. The Morgan fingerprint density at radius 3 is 2.45 bits per heavy atom. The molecule has 2 aliphatic heterocycles. The quantitative estimate of drug-likeness (QED) is 0.185. The van der Waals surface area contributed by atoms with E-state index in [1.54, 1.807) is 18.5 Å². The number of nitrogens with zero attached hydrogens (tertiary/aromatic N) is 2. The van der Waals surface area contributed by atoms with Crippen molar-refractivity contribution in [1.29, 1.82) is 0 Å². The molecule has 4 atom stereocenters. The molecule has 4 heterocycles. The van der Waals surface area contributed by atoms with Gasteiger partial charge < -0.3 is 40.8 Å². The van der Waals surface area contributed by atoms with Gasteiger partial charge >= 0.3 is 0 Å². The molecule has 0 bridgehead atoms. The molecule has 0 spiro atoms. The van der Waals surface area contributed by atoms with Crippen LogP contribution in [0.2, 0.25) is 0 Å². The van der Waals surface area contributed by atoms with E-state index < -0.39 is 53.8 Å². The molecule has 0 radical (unpaired) electrons. The molecule has 2 saturated heterocycles. The number of benzene rings is 2. The highest BCUT2D eigenvalue weighted by Gasteiger charge is 2.43. The first-order valence-corrected chi connectivity index (χ1v) is 15.6. The molecule has 0 aliphatic carbocycles.